The summed E-state index contributed by atoms with van der Waals surface area (Å²) in [6.07, 6.45) is -1.01. The van der Waals surface area contributed by atoms with Gasteiger partial charge >= 0.3 is 5.97 Å². The van der Waals surface area contributed by atoms with Gasteiger partial charge in [-0.05, 0) is 19.1 Å². The summed E-state index contributed by atoms with van der Waals surface area (Å²) in [6, 6.07) is 8.61. The van der Waals surface area contributed by atoms with Crippen LogP contribution in [0, 0.1) is 5.92 Å². The summed E-state index contributed by atoms with van der Waals surface area (Å²) in [5, 5.41) is 18.3. The third-order valence-electron chi connectivity index (χ3n) is 2.74. The number of carboxylic acids is 1. The van der Waals surface area contributed by atoms with Crippen LogP contribution in [0.4, 0.5) is 0 Å². The molecule has 0 spiro atoms. The lowest BCUT2D eigenvalue weighted by Crippen LogP contribution is -2.39. The molecule has 1 rings (SSSR count). The lowest BCUT2D eigenvalue weighted by atomic mass is 10.0. The molecule has 1 amide bonds. The number of carbonyl (C=O) groups is 2. The topological polar surface area (TPSA) is 77.8 Å². The van der Waals surface area contributed by atoms with Crippen LogP contribution in [0.3, 0.4) is 0 Å². The highest BCUT2D eigenvalue weighted by Crippen LogP contribution is 2.09. The van der Waals surface area contributed by atoms with Crippen LogP contribution >= 0.6 is 0 Å². The van der Waals surface area contributed by atoms with Gasteiger partial charge in [-0.25, -0.2) is 0 Å². The number of aliphatic carboxylic acids is 1. The first kappa shape index (κ1) is 14.2. The Kier molecular flexibility index (Phi) is 4.85. The molecule has 0 bridgehead atoms. The number of aliphatic hydroxyl groups excluding tert-OH is 1. The molecule has 98 valence electrons. The van der Waals surface area contributed by atoms with Crippen molar-refractivity contribution in [2.45, 2.75) is 13.0 Å². The van der Waals surface area contributed by atoms with Crippen LogP contribution < -0.4 is 0 Å². The second-order valence-electron chi connectivity index (χ2n) is 4.24. The third kappa shape index (κ3) is 3.56. The van der Waals surface area contributed by atoms with Crippen LogP contribution in [0.25, 0.3) is 0 Å². The molecule has 0 aromatic heterocycles. The molecule has 0 unspecified atom stereocenters. The van der Waals surface area contributed by atoms with Crippen molar-refractivity contribution in [1.29, 1.82) is 0 Å². The van der Waals surface area contributed by atoms with E-state index in [9.17, 15) is 14.7 Å². The predicted molar refractivity (Wildman–Crippen MR) is 66.2 cm³/mol. The number of aliphatic hydroxyl groups is 1. The van der Waals surface area contributed by atoms with Crippen LogP contribution in [0.15, 0.2) is 30.3 Å². The molecular weight excluding hydrogens is 234 g/mol. The lowest BCUT2D eigenvalue weighted by Gasteiger charge is -2.23. The van der Waals surface area contributed by atoms with Crippen molar-refractivity contribution in [2.75, 3.05) is 13.6 Å². The SMILES string of the molecule is C[C@@H](O)[C@H](CN(C)C(=O)c1ccccc1)C(=O)O. The molecule has 5 heteroatoms. The van der Waals surface area contributed by atoms with Crippen LogP contribution in [0.5, 0.6) is 0 Å². The van der Waals surface area contributed by atoms with E-state index >= 15 is 0 Å². The number of hydrogen-bond acceptors (Lipinski definition) is 3. The van der Waals surface area contributed by atoms with Crippen molar-refractivity contribution in [1.82, 2.24) is 4.90 Å². The summed E-state index contributed by atoms with van der Waals surface area (Å²) in [7, 11) is 1.52. The van der Waals surface area contributed by atoms with Gasteiger partial charge in [-0.3, -0.25) is 9.59 Å². The van der Waals surface area contributed by atoms with Crippen LogP contribution in [-0.2, 0) is 4.79 Å². The molecule has 0 radical (unpaired) electrons. The van der Waals surface area contributed by atoms with Gasteiger partial charge in [0.05, 0.1) is 12.0 Å². The minimum Gasteiger partial charge on any atom is -0.481 e. The summed E-state index contributed by atoms with van der Waals surface area (Å²) in [5.41, 5.74) is 0.495. The minimum absolute atomic E-state index is 0.0271. The van der Waals surface area contributed by atoms with E-state index in [-0.39, 0.29) is 12.5 Å². The first-order chi connectivity index (χ1) is 8.43. The molecule has 1 aromatic rings. The zero-order valence-electron chi connectivity index (χ0n) is 10.4. The van der Waals surface area contributed by atoms with Crippen LogP contribution in [-0.4, -0.2) is 46.7 Å². The van der Waals surface area contributed by atoms with Gasteiger partial charge in [-0.15, -0.1) is 0 Å². The molecule has 0 fully saturated rings. The highest BCUT2D eigenvalue weighted by Gasteiger charge is 2.26. The van der Waals surface area contributed by atoms with E-state index in [1.165, 1.54) is 18.9 Å². The molecule has 0 heterocycles. The van der Waals surface area contributed by atoms with Crippen molar-refractivity contribution in [2.24, 2.45) is 5.92 Å². The fraction of sp³-hybridized carbons (Fsp3) is 0.385. The Balaban J connectivity index is 2.73. The van der Waals surface area contributed by atoms with Crippen molar-refractivity contribution >= 4 is 11.9 Å². The summed E-state index contributed by atoms with van der Waals surface area (Å²) >= 11 is 0. The van der Waals surface area contributed by atoms with E-state index < -0.39 is 18.0 Å². The lowest BCUT2D eigenvalue weighted by molar-refractivity contribution is -0.145. The number of hydrogen-bond donors (Lipinski definition) is 2. The molecule has 18 heavy (non-hydrogen) atoms. The van der Waals surface area contributed by atoms with Crippen molar-refractivity contribution < 1.29 is 19.8 Å². The molecule has 0 saturated heterocycles. The van der Waals surface area contributed by atoms with Crippen LogP contribution in [0.2, 0.25) is 0 Å². The normalized spacial score (nSPS) is 13.7. The number of amides is 1. The minimum atomic E-state index is -1.11. The van der Waals surface area contributed by atoms with Crippen molar-refractivity contribution in [3.05, 3.63) is 35.9 Å². The predicted octanol–water partition coefficient (Wildman–Crippen LogP) is 0.840. The maximum Gasteiger partial charge on any atom is 0.310 e. The quantitative estimate of drug-likeness (QED) is 0.813. The summed E-state index contributed by atoms with van der Waals surface area (Å²) in [4.78, 5) is 24.2. The van der Waals surface area contributed by atoms with Crippen molar-refractivity contribution in [3.63, 3.8) is 0 Å². The number of carbonyl (C=O) groups excluding carboxylic acids is 1. The monoisotopic (exact) mass is 251 g/mol. The Labute approximate surface area is 106 Å². The van der Waals surface area contributed by atoms with E-state index in [0.29, 0.717) is 5.56 Å². The first-order valence-electron chi connectivity index (χ1n) is 5.65. The zero-order chi connectivity index (χ0) is 13.7. The van der Waals surface area contributed by atoms with Gasteiger partial charge in [0.15, 0.2) is 0 Å². The highest BCUT2D eigenvalue weighted by molar-refractivity contribution is 5.94. The average molecular weight is 251 g/mol. The zero-order valence-corrected chi connectivity index (χ0v) is 10.4. The van der Waals surface area contributed by atoms with E-state index in [1.807, 2.05) is 0 Å². The maximum atomic E-state index is 12.0. The second-order valence-corrected chi connectivity index (χ2v) is 4.24. The standard InChI is InChI=1S/C13H17NO4/c1-9(15)11(13(17)18)8-14(2)12(16)10-6-4-3-5-7-10/h3-7,9,11,15H,8H2,1-2H3,(H,17,18)/t9-,11+/m1/s1. The Bertz CT molecular complexity index is 416. The Morgan fingerprint density at radius 1 is 1.28 bits per heavy atom. The fourth-order valence-electron chi connectivity index (χ4n) is 1.62. The van der Waals surface area contributed by atoms with Gasteiger partial charge in [-0.1, -0.05) is 18.2 Å². The van der Waals surface area contributed by atoms with E-state index in [0.717, 1.165) is 0 Å². The molecule has 5 nitrogen and oxygen atoms in total. The smallest absolute Gasteiger partial charge is 0.310 e. The second kappa shape index (κ2) is 6.16. The number of benzene rings is 1. The van der Waals surface area contributed by atoms with Crippen molar-refractivity contribution in [3.8, 4) is 0 Å². The molecule has 0 aliphatic heterocycles. The maximum absolute atomic E-state index is 12.0. The van der Waals surface area contributed by atoms with E-state index in [2.05, 4.69) is 0 Å². The molecule has 0 saturated carbocycles. The Morgan fingerprint density at radius 3 is 2.28 bits per heavy atom. The van der Waals surface area contributed by atoms with Gasteiger partial charge in [0.1, 0.15) is 0 Å². The number of nitrogens with zero attached hydrogens (tertiary/aromatic N) is 1. The van der Waals surface area contributed by atoms with Gasteiger partial charge in [0.25, 0.3) is 5.91 Å². The molecule has 1 aromatic carbocycles. The molecular formula is C13H17NO4. The summed E-state index contributed by atoms with van der Waals surface area (Å²) < 4.78 is 0. The van der Waals surface area contributed by atoms with Gasteiger partial charge in [0, 0.05) is 19.2 Å². The van der Waals surface area contributed by atoms with Gasteiger partial charge < -0.3 is 15.1 Å². The first-order valence-corrected chi connectivity index (χ1v) is 5.65. The number of carboxylic acid groups (broad SMARTS) is 1. The molecule has 0 aliphatic rings. The molecule has 2 atom stereocenters. The van der Waals surface area contributed by atoms with E-state index in [1.54, 1.807) is 30.3 Å². The largest absolute Gasteiger partial charge is 0.481 e. The average Bonchev–Trinajstić information content (AvgIpc) is 2.35. The third-order valence-corrected chi connectivity index (χ3v) is 2.74. The Hall–Kier alpha value is -1.88. The van der Waals surface area contributed by atoms with E-state index in [4.69, 9.17) is 5.11 Å². The highest BCUT2D eigenvalue weighted by atomic mass is 16.4. The number of rotatable bonds is 5. The molecule has 2 N–H and O–H groups in total. The summed E-state index contributed by atoms with van der Waals surface area (Å²) in [5.74, 6) is -2.36. The van der Waals surface area contributed by atoms with Gasteiger partial charge in [0.2, 0.25) is 0 Å². The summed E-state index contributed by atoms with van der Waals surface area (Å²) in [6.45, 7) is 1.38. The van der Waals surface area contributed by atoms with Crippen LogP contribution in [0.1, 0.15) is 17.3 Å². The van der Waals surface area contributed by atoms with Gasteiger partial charge in [-0.2, -0.15) is 0 Å². The Morgan fingerprint density at radius 2 is 1.83 bits per heavy atom. The fourth-order valence-corrected chi connectivity index (χ4v) is 1.62. The molecule has 0 aliphatic carbocycles.